The molecule has 0 aliphatic carbocycles. The Morgan fingerprint density at radius 2 is 2.08 bits per heavy atom. The third-order valence-electron chi connectivity index (χ3n) is 6.14. The van der Waals surface area contributed by atoms with Gasteiger partial charge in [0.25, 0.3) is 0 Å². The smallest absolute Gasteiger partial charge is 0.0559 e. The highest BCUT2D eigenvalue weighted by Gasteiger charge is 2.47. The summed E-state index contributed by atoms with van der Waals surface area (Å²) in [6.07, 6.45) is 5.22. The van der Waals surface area contributed by atoms with Crippen LogP contribution in [0, 0.1) is 11.3 Å². The van der Waals surface area contributed by atoms with Gasteiger partial charge in [-0.3, -0.25) is 9.80 Å². The normalized spacial score (nSPS) is 32.1. The van der Waals surface area contributed by atoms with Crippen molar-refractivity contribution in [3.05, 3.63) is 21.9 Å². The molecule has 0 unspecified atom stereocenters. The zero-order valence-corrected chi connectivity index (χ0v) is 15.4. The highest BCUT2D eigenvalue weighted by Crippen LogP contribution is 2.41. The molecule has 4 heterocycles. The Hall–Kier alpha value is -0.460. The molecule has 1 aromatic rings. The molecule has 1 N–H and O–H groups in total. The maximum atomic E-state index is 9.91. The van der Waals surface area contributed by atoms with E-state index in [0.29, 0.717) is 5.92 Å². The lowest BCUT2D eigenvalue weighted by Crippen LogP contribution is -2.42. The van der Waals surface area contributed by atoms with Crippen molar-refractivity contribution in [1.82, 2.24) is 9.80 Å². The number of likely N-dealkylation sites (tertiary alicyclic amines) is 2. The summed E-state index contributed by atoms with van der Waals surface area (Å²) >= 11 is 1.90. The van der Waals surface area contributed by atoms with Gasteiger partial charge in [-0.25, -0.2) is 0 Å². The zero-order chi connectivity index (χ0) is 16.4. The molecule has 1 aromatic heterocycles. The fourth-order valence-electron chi connectivity index (χ4n) is 4.74. The molecule has 24 heavy (non-hydrogen) atoms. The second-order valence-corrected chi connectivity index (χ2v) is 8.98. The van der Waals surface area contributed by atoms with Crippen LogP contribution in [0.1, 0.15) is 36.1 Å². The minimum Gasteiger partial charge on any atom is -0.396 e. The Bertz CT molecular complexity index is 543. The maximum absolute atomic E-state index is 9.91. The molecule has 3 saturated heterocycles. The summed E-state index contributed by atoms with van der Waals surface area (Å²) in [7, 11) is 0. The third kappa shape index (κ3) is 3.56. The van der Waals surface area contributed by atoms with Gasteiger partial charge in [-0.2, -0.15) is 0 Å². The van der Waals surface area contributed by atoms with E-state index in [-0.39, 0.29) is 12.0 Å². The average Bonchev–Trinajstić information content (AvgIpc) is 3.20. The van der Waals surface area contributed by atoms with E-state index in [4.69, 9.17) is 4.74 Å². The molecule has 0 aromatic carbocycles. The number of thiophene rings is 1. The average molecular weight is 351 g/mol. The van der Waals surface area contributed by atoms with E-state index in [1.165, 1.54) is 42.8 Å². The number of fused-ring (bicyclic) bond motifs is 1. The first-order valence-electron chi connectivity index (χ1n) is 9.47. The molecule has 134 valence electrons. The Labute approximate surface area is 149 Å². The SMILES string of the molecule is OC[C@]12COCC[C@H]1CN(Cc1cc(CN3CCCCC3)cs1)C2. The predicted molar refractivity (Wildman–Crippen MR) is 97.2 cm³/mol. The molecule has 5 heteroatoms. The van der Waals surface area contributed by atoms with Crippen LogP contribution in [-0.2, 0) is 17.8 Å². The van der Waals surface area contributed by atoms with Gasteiger partial charge in [-0.15, -0.1) is 11.3 Å². The van der Waals surface area contributed by atoms with Gasteiger partial charge >= 0.3 is 0 Å². The molecule has 4 rings (SSSR count). The topological polar surface area (TPSA) is 35.9 Å². The van der Waals surface area contributed by atoms with Crippen molar-refractivity contribution < 1.29 is 9.84 Å². The molecule has 0 bridgehead atoms. The van der Waals surface area contributed by atoms with Crippen LogP contribution in [0.3, 0.4) is 0 Å². The molecule has 0 spiro atoms. The van der Waals surface area contributed by atoms with E-state index in [9.17, 15) is 5.11 Å². The lowest BCUT2D eigenvalue weighted by Gasteiger charge is -2.36. The van der Waals surface area contributed by atoms with Crippen molar-refractivity contribution in [2.45, 2.75) is 38.8 Å². The Kier molecular flexibility index (Phi) is 5.25. The fraction of sp³-hybridized carbons (Fsp3) is 0.789. The van der Waals surface area contributed by atoms with Crippen LogP contribution in [0.4, 0.5) is 0 Å². The first kappa shape index (κ1) is 17.0. The summed E-state index contributed by atoms with van der Waals surface area (Å²) in [6.45, 7) is 8.62. The van der Waals surface area contributed by atoms with Gasteiger partial charge < -0.3 is 9.84 Å². The van der Waals surface area contributed by atoms with Crippen LogP contribution in [0.2, 0.25) is 0 Å². The number of aliphatic hydroxyl groups is 1. The van der Waals surface area contributed by atoms with Crippen molar-refractivity contribution >= 4 is 11.3 Å². The van der Waals surface area contributed by atoms with Crippen LogP contribution in [0.5, 0.6) is 0 Å². The third-order valence-corrected chi connectivity index (χ3v) is 7.11. The number of piperidine rings is 1. The van der Waals surface area contributed by atoms with Gasteiger partial charge in [-0.1, -0.05) is 6.42 Å². The lowest BCUT2D eigenvalue weighted by atomic mass is 9.76. The summed E-state index contributed by atoms with van der Waals surface area (Å²) < 4.78 is 5.68. The van der Waals surface area contributed by atoms with Crippen molar-refractivity contribution in [3.63, 3.8) is 0 Å². The highest BCUT2D eigenvalue weighted by atomic mass is 32.1. The number of ether oxygens (including phenoxy) is 1. The summed E-state index contributed by atoms with van der Waals surface area (Å²) in [5.41, 5.74) is 1.47. The van der Waals surface area contributed by atoms with Gasteiger partial charge in [0, 0.05) is 43.1 Å². The molecule has 3 aliphatic heterocycles. The molecular weight excluding hydrogens is 320 g/mol. The van der Waals surface area contributed by atoms with Crippen molar-refractivity contribution in [1.29, 1.82) is 0 Å². The molecule has 4 nitrogen and oxygen atoms in total. The molecule has 0 radical (unpaired) electrons. The zero-order valence-electron chi connectivity index (χ0n) is 14.6. The monoisotopic (exact) mass is 350 g/mol. The number of rotatable bonds is 5. The van der Waals surface area contributed by atoms with E-state index >= 15 is 0 Å². The Morgan fingerprint density at radius 3 is 2.88 bits per heavy atom. The molecule has 0 saturated carbocycles. The van der Waals surface area contributed by atoms with Crippen LogP contribution < -0.4 is 0 Å². The standard InChI is InChI=1S/C19H30N2O2S/c22-14-19-13-21(10-17(19)4-7-23-15-19)11-18-8-16(12-24-18)9-20-5-2-1-3-6-20/h8,12,17,22H,1-7,9-11,13-15H2/t17-,19+/m0/s1. The first-order chi connectivity index (χ1) is 11.8. The summed E-state index contributed by atoms with van der Waals surface area (Å²) in [6, 6.07) is 2.41. The quantitative estimate of drug-likeness (QED) is 0.885. The van der Waals surface area contributed by atoms with Crippen LogP contribution in [0.25, 0.3) is 0 Å². The summed E-state index contributed by atoms with van der Waals surface area (Å²) in [4.78, 5) is 6.60. The maximum Gasteiger partial charge on any atom is 0.0559 e. The predicted octanol–water partition coefficient (Wildman–Crippen LogP) is 2.56. The van der Waals surface area contributed by atoms with E-state index in [1.807, 2.05) is 11.3 Å². The number of hydrogen-bond donors (Lipinski definition) is 1. The first-order valence-corrected chi connectivity index (χ1v) is 10.3. The van der Waals surface area contributed by atoms with Gasteiger partial charge in [0.2, 0.25) is 0 Å². The van der Waals surface area contributed by atoms with E-state index in [0.717, 1.165) is 45.8 Å². The minimum absolute atomic E-state index is 0.00780. The van der Waals surface area contributed by atoms with E-state index in [2.05, 4.69) is 21.2 Å². The van der Waals surface area contributed by atoms with Crippen molar-refractivity contribution in [3.8, 4) is 0 Å². The minimum atomic E-state index is -0.00780. The Morgan fingerprint density at radius 1 is 1.21 bits per heavy atom. The molecule has 3 aliphatic rings. The van der Waals surface area contributed by atoms with Crippen LogP contribution in [-0.4, -0.2) is 60.9 Å². The highest BCUT2D eigenvalue weighted by molar-refractivity contribution is 7.10. The molecular formula is C19H30N2O2S. The second-order valence-electron chi connectivity index (χ2n) is 7.99. The number of hydrogen-bond acceptors (Lipinski definition) is 5. The van der Waals surface area contributed by atoms with Gasteiger partial charge in [-0.05, 0) is 55.3 Å². The number of aliphatic hydroxyl groups excluding tert-OH is 1. The second kappa shape index (κ2) is 7.42. The number of nitrogens with zero attached hydrogens (tertiary/aromatic N) is 2. The summed E-state index contributed by atoms with van der Waals surface area (Å²) in [5, 5.41) is 12.3. The van der Waals surface area contributed by atoms with Gasteiger partial charge in [0.1, 0.15) is 0 Å². The van der Waals surface area contributed by atoms with E-state index in [1.54, 1.807) is 0 Å². The van der Waals surface area contributed by atoms with E-state index < -0.39 is 0 Å². The largest absolute Gasteiger partial charge is 0.396 e. The Balaban J connectivity index is 1.34. The van der Waals surface area contributed by atoms with Gasteiger partial charge in [0.05, 0.1) is 13.2 Å². The lowest BCUT2D eigenvalue weighted by molar-refractivity contribution is -0.0561. The van der Waals surface area contributed by atoms with Crippen LogP contribution >= 0.6 is 11.3 Å². The fourth-order valence-corrected chi connectivity index (χ4v) is 5.66. The molecule has 2 atom stereocenters. The summed E-state index contributed by atoms with van der Waals surface area (Å²) in [5.74, 6) is 0.601. The van der Waals surface area contributed by atoms with Crippen molar-refractivity contribution in [2.75, 3.05) is 46.0 Å². The van der Waals surface area contributed by atoms with Gasteiger partial charge in [0.15, 0.2) is 0 Å². The molecule has 0 amide bonds. The van der Waals surface area contributed by atoms with Crippen molar-refractivity contribution in [2.24, 2.45) is 11.3 Å². The van der Waals surface area contributed by atoms with Crippen LogP contribution in [0.15, 0.2) is 11.4 Å². The molecule has 3 fully saturated rings.